The van der Waals surface area contributed by atoms with Gasteiger partial charge < -0.3 is 30.1 Å². The number of carbonyl (C=O) groups excluding carboxylic acids is 4. The second kappa shape index (κ2) is 18.1. The number of likely N-dealkylation sites (tertiary alicyclic amines) is 1. The summed E-state index contributed by atoms with van der Waals surface area (Å²) >= 11 is 0. The highest BCUT2D eigenvalue weighted by molar-refractivity contribution is 5.92. The summed E-state index contributed by atoms with van der Waals surface area (Å²) in [4.78, 5) is 70.5. The molecule has 0 aromatic heterocycles. The van der Waals surface area contributed by atoms with E-state index in [1.807, 2.05) is 52.0 Å². The number of benzene rings is 1. The second-order valence-corrected chi connectivity index (χ2v) is 15.9. The van der Waals surface area contributed by atoms with Crippen LogP contribution in [-0.2, 0) is 39.9 Å². The Bertz CT molecular complexity index is 1390. The topological polar surface area (TPSA) is 157 Å². The largest absolute Gasteiger partial charge is 0.481 e. The van der Waals surface area contributed by atoms with E-state index in [1.165, 1.54) is 7.11 Å². The van der Waals surface area contributed by atoms with Gasteiger partial charge in [0.2, 0.25) is 11.8 Å². The number of Topliss-reactive ketones (excluding diaryl/α,β-unsaturated/α-hetero) is 2. The number of hydrogen-bond donors (Lipinski definition) is 2. The molecule has 2 aliphatic rings. The Balaban J connectivity index is 1.77. The van der Waals surface area contributed by atoms with Crippen LogP contribution in [0.3, 0.4) is 0 Å². The number of carboxylic acids is 1. The zero-order valence-electron chi connectivity index (χ0n) is 32.5. The van der Waals surface area contributed by atoms with Crippen molar-refractivity contribution in [2.75, 3.05) is 27.8 Å². The fourth-order valence-electron chi connectivity index (χ4n) is 8.13. The van der Waals surface area contributed by atoms with E-state index in [1.54, 1.807) is 44.7 Å². The maximum atomic E-state index is 14.1. The number of amides is 2. The third-order valence-electron chi connectivity index (χ3n) is 11.7. The van der Waals surface area contributed by atoms with Crippen LogP contribution < -0.4 is 5.73 Å². The quantitative estimate of drug-likeness (QED) is 0.192. The maximum Gasteiger partial charge on any atom is 0.307 e. The number of nitrogens with zero attached hydrogens (tertiary/aromatic N) is 2. The minimum atomic E-state index is -1.06. The summed E-state index contributed by atoms with van der Waals surface area (Å²) in [6.45, 7) is 13.5. The van der Waals surface area contributed by atoms with Gasteiger partial charge >= 0.3 is 5.97 Å². The number of likely N-dealkylation sites (N-methyl/N-ethyl adjacent to an activating group) is 1. The third-order valence-corrected chi connectivity index (χ3v) is 11.7. The lowest BCUT2D eigenvalue weighted by atomic mass is 9.68. The summed E-state index contributed by atoms with van der Waals surface area (Å²) in [5.74, 6) is -4.08. The van der Waals surface area contributed by atoms with Gasteiger partial charge in [-0.05, 0) is 56.1 Å². The molecule has 0 radical (unpaired) electrons. The van der Waals surface area contributed by atoms with E-state index in [9.17, 15) is 29.1 Å². The van der Waals surface area contributed by atoms with Crippen molar-refractivity contribution in [2.24, 2.45) is 35.3 Å². The average molecular weight is 714 g/mol. The van der Waals surface area contributed by atoms with Gasteiger partial charge in [0.05, 0.1) is 42.2 Å². The van der Waals surface area contributed by atoms with Gasteiger partial charge in [0.25, 0.3) is 0 Å². The molecule has 1 aromatic rings. The Morgan fingerprint density at radius 2 is 1.67 bits per heavy atom. The molecule has 0 bridgehead atoms. The van der Waals surface area contributed by atoms with E-state index >= 15 is 0 Å². The van der Waals surface area contributed by atoms with E-state index in [0.717, 1.165) is 24.0 Å². The minimum absolute atomic E-state index is 0.0155. The molecule has 3 rings (SSSR count). The number of ketones is 2. The smallest absolute Gasteiger partial charge is 0.307 e. The number of hydrogen-bond acceptors (Lipinski definition) is 8. The SMILES string of the molecule is CC[C@H](C)[C@@H]([C@@H](CC(=O)N1CCC[C@H]1[C@H](OC)[C@@H](C)C(=O)C[C@@H](C(=O)O)[C@H]1Cc2ccccc21)OC)N(C)C(=O)[C@@H](CC(=O)C(C)(C)N)C(C)C. The monoisotopic (exact) mass is 713 g/mol. The summed E-state index contributed by atoms with van der Waals surface area (Å²) in [6.07, 6.45) is 1.45. The summed E-state index contributed by atoms with van der Waals surface area (Å²) < 4.78 is 11.9. The molecular formula is C40H63N3O8. The van der Waals surface area contributed by atoms with Crippen LogP contribution in [0, 0.1) is 29.6 Å². The van der Waals surface area contributed by atoms with Gasteiger partial charge in [-0.25, -0.2) is 0 Å². The van der Waals surface area contributed by atoms with Crippen molar-refractivity contribution in [3.8, 4) is 0 Å². The molecule has 286 valence electrons. The fraction of sp³-hybridized carbons (Fsp3) is 0.725. The van der Waals surface area contributed by atoms with Gasteiger partial charge in [0.1, 0.15) is 5.78 Å². The summed E-state index contributed by atoms with van der Waals surface area (Å²) in [5, 5.41) is 10.1. The predicted molar refractivity (Wildman–Crippen MR) is 196 cm³/mol. The van der Waals surface area contributed by atoms with Crippen molar-refractivity contribution in [1.82, 2.24) is 9.80 Å². The zero-order chi connectivity index (χ0) is 38.4. The highest BCUT2D eigenvalue weighted by Gasteiger charge is 2.45. The minimum Gasteiger partial charge on any atom is -0.481 e. The molecule has 1 fully saturated rings. The van der Waals surface area contributed by atoms with E-state index in [0.29, 0.717) is 19.4 Å². The highest BCUT2D eigenvalue weighted by Crippen LogP contribution is 2.42. The lowest BCUT2D eigenvalue weighted by Crippen LogP contribution is -2.54. The first-order valence-electron chi connectivity index (χ1n) is 18.7. The Hall–Kier alpha value is -3.15. The number of aliphatic carboxylic acids is 1. The molecule has 0 saturated carbocycles. The number of fused-ring (bicyclic) bond motifs is 1. The molecule has 11 nitrogen and oxygen atoms in total. The van der Waals surface area contributed by atoms with Gasteiger partial charge in [-0.2, -0.15) is 0 Å². The van der Waals surface area contributed by atoms with Crippen LogP contribution in [0.5, 0.6) is 0 Å². The molecule has 0 spiro atoms. The van der Waals surface area contributed by atoms with Crippen molar-refractivity contribution in [3.63, 3.8) is 0 Å². The average Bonchev–Trinajstić information content (AvgIpc) is 3.55. The maximum absolute atomic E-state index is 14.1. The predicted octanol–water partition coefficient (Wildman–Crippen LogP) is 4.88. The van der Waals surface area contributed by atoms with Crippen molar-refractivity contribution >= 4 is 29.4 Å². The molecule has 1 heterocycles. The van der Waals surface area contributed by atoms with Crippen LogP contribution in [0.4, 0.5) is 0 Å². The van der Waals surface area contributed by atoms with Crippen LogP contribution in [0.25, 0.3) is 0 Å². The normalized spacial score (nSPS) is 21.5. The van der Waals surface area contributed by atoms with Gasteiger partial charge in [-0.15, -0.1) is 0 Å². The number of ether oxygens (including phenoxy) is 2. The first kappa shape index (κ1) is 42.3. The highest BCUT2D eigenvalue weighted by atomic mass is 16.5. The van der Waals surface area contributed by atoms with E-state index < -0.39 is 47.5 Å². The molecule has 51 heavy (non-hydrogen) atoms. The number of methoxy groups -OCH3 is 2. The molecule has 1 aliphatic carbocycles. The standard InChI is InChI=1S/C40H63N3O8/c1-11-24(4)36(42(8)38(47)28(23(2)3)21-34(45)40(6,7)41)33(50-9)22-35(46)43-18-14-17-31(43)37(51-10)25(5)32(44)20-30(39(48)49)29-19-26-15-12-13-16-27(26)29/h12-13,15-16,23-25,28-31,33,36-37H,11,14,17-22,41H2,1-10H3,(H,48,49)/t24-,25-,28-,29-,30+,31-,33+,36-,37+/m0/s1. The Morgan fingerprint density at radius 3 is 2.20 bits per heavy atom. The fourth-order valence-corrected chi connectivity index (χ4v) is 8.13. The Labute approximate surface area is 305 Å². The Kier molecular flexibility index (Phi) is 15.0. The lowest BCUT2D eigenvalue weighted by molar-refractivity contribution is -0.149. The van der Waals surface area contributed by atoms with E-state index in [4.69, 9.17) is 15.2 Å². The summed E-state index contributed by atoms with van der Waals surface area (Å²) in [5.41, 5.74) is 7.13. The van der Waals surface area contributed by atoms with Crippen LogP contribution in [-0.4, -0.2) is 102 Å². The van der Waals surface area contributed by atoms with Crippen LogP contribution in [0.1, 0.15) is 104 Å². The molecule has 1 saturated heterocycles. The van der Waals surface area contributed by atoms with E-state index in [2.05, 4.69) is 0 Å². The molecule has 9 atom stereocenters. The Morgan fingerprint density at radius 1 is 1.02 bits per heavy atom. The van der Waals surface area contributed by atoms with Crippen LogP contribution in [0.15, 0.2) is 24.3 Å². The zero-order valence-corrected chi connectivity index (χ0v) is 32.5. The molecule has 2 amide bonds. The van der Waals surface area contributed by atoms with Crippen molar-refractivity contribution in [1.29, 1.82) is 0 Å². The van der Waals surface area contributed by atoms with Crippen molar-refractivity contribution in [3.05, 3.63) is 35.4 Å². The van der Waals surface area contributed by atoms with Gasteiger partial charge in [-0.1, -0.05) is 65.3 Å². The van der Waals surface area contributed by atoms with Crippen molar-refractivity contribution in [2.45, 2.75) is 129 Å². The molecule has 1 aliphatic heterocycles. The summed E-state index contributed by atoms with van der Waals surface area (Å²) in [6, 6.07) is 6.94. The molecule has 1 aromatic carbocycles. The van der Waals surface area contributed by atoms with E-state index in [-0.39, 0.29) is 66.4 Å². The number of carbonyl (C=O) groups is 5. The van der Waals surface area contributed by atoms with Gasteiger partial charge in [0, 0.05) is 58.4 Å². The molecule has 11 heteroatoms. The third kappa shape index (κ3) is 9.84. The number of nitrogens with two attached hydrogens (primary N) is 1. The number of carboxylic acid groups (broad SMARTS) is 1. The van der Waals surface area contributed by atoms with Crippen LogP contribution >= 0.6 is 0 Å². The van der Waals surface area contributed by atoms with Crippen molar-refractivity contribution < 1.29 is 38.6 Å². The molecule has 3 N–H and O–H groups in total. The first-order chi connectivity index (χ1) is 23.9. The summed E-state index contributed by atoms with van der Waals surface area (Å²) in [7, 11) is 4.81. The second-order valence-electron chi connectivity index (χ2n) is 15.9. The molecular weight excluding hydrogens is 650 g/mol. The van der Waals surface area contributed by atoms with Gasteiger partial charge in [0.15, 0.2) is 5.78 Å². The number of rotatable bonds is 20. The first-order valence-corrected chi connectivity index (χ1v) is 18.7. The molecule has 0 unspecified atom stereocenters. The lowest BCUT2D eigenvalue weighted by Gasteiger charge is -2.41. The van der Waals surface area contributed by atoms with Crippen LogP contribution in [0.2, 0.25) is 0 Å². The van der Waals surface area contributed by atoms with Gasteiger partial charge in [-0.3, -0.25) is 24.0 Å².